The van der Waals surface area contributed by atoms with E-state index in [9.17, 15) is 14.4 Å². The second-order valence-corrected chi connectivity index (χ2v) is 22.8. The third-order valence-electron chi connectivity index (χ3n) is 15.4. The van der Waals surface area contributed by atoms with Gasteiger partial charge >= 0.3 is 11.9 Å². The predicted molar refractivity (Wildman–Crippen MR) is 308 cm³/mol. The first-order valence-corrected chi connectivity index (χ1v) is 32.0. The van der Waals surface area contributed by atoms with Gasteiger partial charge in [-0.25, -0.2) is 0 Å². The van der Waals surface area contributed by atoms with E-state index < -0.39 is 0 Å². The summed E-state index contributed by atoms with van der Waals surface area (Å²) >= 11 is 0. The molecule has 0 aromatic heterocycles. The standard InChI is InChI=1S/C64H126N2O5/c1-8-13-18-23-30-38-48-59(46-36-21-16-11-4)57-70-63(68)53-43-34-27-25-32-40-50-61(66(56-45-55-65(6)7)62(67)52-42-29-20-15-10-3)51-41-33-26-28-35-44-54-64(69)71-58-60(47-37-22-17-12-5)49-39-31-24-19-14-9-2/h59-61H,8-58H2,1-7H3. The molecule has 0 N–H and O–H groups in total. The molecule has 7 heteroatoms. The molecule has 0 radical (unpaired) electrons. The Morgan fingerprint density at radius 1 is 0.324 bits per heavy atom. The Labute approximate surface area is 444 Å². The first kappa shape index (κ1) is 69.4. The van der Waals surface area contributed by atoms with Crippen LogP contribution in [0.4, 0.5) is 0 Å². The quantitative estimate of drug-likeness (QED) is 0.0446. The second kappa shape index (κ2) is 54.6. The molecule has 0 aromatic carbocycles. The Kier molecular flexibility index (Phi) is 53.4. The maximum atomic E-state index is 13.9. The van der Waals surface area contributed by atoms with Gasteiger partial charge in [0.2, 0.25) is 5.91 Å². The second-order valence-electron chi connectivity index (χ2n) is 22.8. The molecule has 0 saturated heterocycles. The van der Waals surface area contributed by atoms with Gasteiger partial charge in [0.1, 0.15) is 0 Å². The van der Waals surface area contributed by atoms with Gasteiger partial charge in [-0.3, -0.25) is 14.4 Å². The molecule has 71 heavy (non-hydrogen) atoms. The van der Waals surface area contributed by atoms with Crippen molar-refractivity contribution in [3.05, 3.63) is 0 Å². The minimum Gasteiger partial charge on any atom is -0.465 e. The molecule has 0 saturated carbocycles. The highest BCUT2D eigenvalue weighted by molar-refractivity contribution is 5.76. The van der Waals surface area contributed by atoms with Crippen LogP contribution in [0, 0.1) is 11.8 Å². The number of ether oxygens (including phenoxy) is 2. The summed E-state index contributed by atoms with van der Waals surface area (Å²) in [5.74, 6) is 1.43. The molecule has 1 amide bonds. The number of hydrogen-bond donors (Lipinski definition) is 0. The summed E-state index contributed by atoms with van der Waals surface area (Å²) in [6.45, 7) is 14.4. The highest BCUT2D eigenvalue weighted by Crippen LogP contribution is 2.24. The molecule has 2 atom stereocenters. The minimum atomic E-state index is 0.00406. The smallest absolute Gasteiger partial charge is 0.305 e. The van der Waals surface area contributed by atoms with Crippen molar-refractivity contribution in [1.29, 1.82) is 0 Å². The zero-order valence-electron chi connectivity index (χ0n) is 49.2. The van der Waals surface area contributed by atoms with Crippen LogP contribution in [-0.4, -0.2) is 74.1 Å². The highest BCUT2D eigenvalue weighted by Gasteiger charge is 2.23. The summed E-state index contributed by atoms with van der Waals surface area (Å²) in [4.78, 5) is 44.1. The van der Waals surface area contributed by atoms with Crippen molar-refractivity contribution >= 4 is 17.8 Å². The van der Waals surface area contributed by atoms with Crippen molar-refractivity contribution in [2.45, 2.75) is 342 Å². The Morgan fingerprint density at radius 2 is 0.606 bits per heavy atom. The van der Waals surface area contributed by atoms with Crippen LogP contribution in [0.3, 0.4) is 0 Å². The Balaban J connectivity index is 4.98. The van der Waals surface area contributed by atoms with Crippen LogP contribution in [0.25, 0.3) is 0 Å². The van der Waals surface area contributed by atoms with E-state index in [1.807, 2.05) is 0 Å². The summed E-state index contributed by atoms with van der Waals surface area (Å²) < 4.78 is 11.8. The van der Waals surface area contributed by atoms with Crippen molar-refractivity contribution in [1.82, 2.24) is 9.80 Å². The fraction of sp³-hybridized carbons (Fsp3) is 0.953. The van der Waals surface area contributed by atoms with E-state index in [0.29, 0.717) is 56.3 Å². The Morgan fingerprint density at radius 3 is 0.944 bits per heavy atom. The molecule has 0 bridgehead atoms. The van der Waals surface area contributed by atoms with Gasteiger partial charge in [0.05, 0.1) is 13.2 Å². The maximum Gasteiger partial charge on any atom is 0.305 e. The largest absolute Gasteiger partial charge is 0.465 e. The molecule has 2 unspecified atom stereocenters. The lowest BCUT2D eigenvalue weighted by Gasteiger charge is -2.33. The highest BCUT2D eigenvalue weighted by atomic mass is 16.5. The number of amides is 1. The van der Waals surface area contributed by atoms with Crippen molar-refractivity contribution in [2.24, 2.45) is 11.8 Å². The molecule has 0 spiro atoms. The molecule has 0 aliphatic rings. The zero-order valence-corrected chi connectivity index (χ0v) is 49.2. The summed E-state index contributed by atoms with van der Waals surface area (Å²) in [5.41, 5.74) is 0. The third kappa shape index (κ3) is 47.8. The van der Waals surface area contributed by atoms with Crippen molar-refractivity contribution in [2.75, 3.05) is 40.4 Å². The van der Waals surface area contributed by atoms with Crippen LogP contribution in [0.5, 0.6) is 0 Å². The van der Waals surface area contributed by atoms with Gasteiger partial charge in [0.15, 0.2) is 0 Å². The predicted octanol–water partition coefficient (Wildman–Crippen LogP) is 19.5. The molecule has 0 aliphatic heterocycles. The normalized spacial score (nSPS) is 12.9. The van der Waals surface area contributed by atoms with Crippen LogP contribution in [0.2, 0.25) is 0 Å². The SMILES string of the molecule is CCCCCCCCC(CCCCCC)COC(=O)CCCCCCCCC(CCCCCCCCC(=O)OCC(CCCCCC)CCCCCCCC)N(CCCN(C)C)C(=O)CCCCCCC. The first-order valence-electron chi connectivity index (χ1n) is 32.0. The molecule has 7 nitrogen and oxygen atoms in total. The van der Waals surface area contributed by atoms with E-state index >= 15 is 0 Å². The van der Waals surface area contributed by atoms with E-state index in [1.165, 1.54) is 199 Å². The number of carbonyl (C=O) groups is 3. The fourth-order valence-electron chi connectivity index (χ4n) is 10.6. The molecule has 0 rings (SSSR count). The molecule has 0 fully saturated rings. The minimum absolute atomic E-state index is 0.00406. The van der Waals surface area contributed by atoms with Gasteiger partial charge in [0, 0.05) is 31.8 Å². The molecule has 0 aliphatic carbocycles. The summed E-state index contributed by atoms with van der Waals surface area (Å²) in [5, 5.41) is 0. The van der Waals surface area contributed by atoms with Crippen LogP contribution in [0.1, 0.15) is 336 Å². The van der Waals surface area contributed by atoms with Gasteiger partial charge < -0.3 is 19.3 Å². The van der Waals surface area contributed by atoms with Crippen LogP contribution >= 0.6 is 0 Å². The van der Waals surface area contributed by atoms with Gasteiger partial charge in [-0.2, -0.15) is 0 Å². The fourth-order valence-corrected chi connectivity index (χ4v) is 10.6. The van der Waals surface area contributed by atoms with Gasteiger partial charge in [0.25, 0.3) is 0 Å². The molecular weight excluding hydrogens is 877 g/mol. The maximum absolute atomic E-state index is 13.9. The van der Waals surface area contributed by atoms with Crippen molar-refractivity contribution < 1.29 is 23.9 Å². The zero-order chi connectivity index (χ0) is 52.1. The van der Waals surface area contributed by atoms with Gasteiger partial charge in [-0.1, -0.05) is 253 Å². The van der Waals surface area contributed by atoms with Gasteiger partial charge in [-0.05, 0) is 96.7 Å². The van der Waals surface area contributed by atoms with Crippen LogP contribution < -0.4 is 0 Å². The Bertz CT molecular complexity index is 1070. The van der Waals surface area contributed by atoms with E-state index in [0.717, 1.165) is 96.6 Å². The number of nitrogens with zero attached hydrogens (tertiary/aromatic N) is 2. The average molecular weight is 1000 g/mol. The molecule has 0 heterocycles. The third-order valence-corrected chi connectivity index (χ3v) is 15.4. The molecule has 0 aromatic rings. The molecular formula is C64H126N2O5. The number of hydrogen-bond acceptors (Lipinski definition) is 6. The monoisotopic (exact) mass is 1000 g/mol. The van der Waals surface area contributed by atoms with E-state index in [4.69, 9.17) is 9.47 Å². The molecule has 422 valence electrons. The van der Waals surface area contributed by atoms with Crippen molar-refractivity contribution in [3.63, 3.8) is 0 Å². The number of esters is 2. The summed E-state index contributed by atoms with van der Waals surface area (Å²) in [6, 6.07) is 0.318. The van der Waals surface area contributed by atoms with Gasteiger partial charge in [-0.15, -0.1) is 0 Å². The summed E-state index contributed by atoms with van der Waals surface area (Å²) in [7, 11) is 4.27. The lowest BCUT2D eigenvalue weighted by molar-refractivity contribution is -0.146. The Hall–Kier alpha value is -1.63. The van der Waals surface area contributed by atoms with E-state index in [-0.39, 0.29) is 11.9 Å². The first-order chi connectivity index (χ1) is 34.7. The summed E-state index contributed by atoms with van der Waals surface area (Å²) in [6.07, 6.45) is 55.2. The lowest BCUT2D eigenvalue weighted by Crippen LogP contribution is -2.41. The average Bonchev–Trinajstić information content (AvgIpc) is 3.36. The van der Waals surface area contributed by atoms with Crippen LogP contribution in [-0.2, 0) is 23.9 Å². The number of rotatable bonds is 57. The number of unbranched alkanes of at least 4 members (excludes halogenated alkanes) is 30. The number of carbonyl (C=O) groups excluding carboxylic acids is 3. The lowest BCUT2D eigenvalue weighted by atomic mass is 9.95. The van der Waals surface area contributed by atoms with Crippen LogP contribution in [0.15, 0.2) is 0 Å². The van der Waals surface area contributed by atoms with Crippen molar-refractivity contribution in [3.8, 4) is 0 Å². The topological polar surface area (TPSA) is 76.2 Å². The van der Waals surface area contributed by atoms with E-state index in [2.05, 4.69) is 58.5 Å². The van der Waals surface area contributed by atoms with E-state index in [1.54, 1.807) is 0 Å².